The zero-order chi connectivity index (χ0) is 27.0. The Balaban J connectivity index is 0.000000846. The maximum atomic E-state index is 10.5. The highest BCUT2D eigenvalue weighted by atomic mass is 16.6. The number of carboxylic acid groups (broad SMARTS) is 1. The topological polar surface area (TPSA) is 145 Å². The third-order valence-corrected chi connectivity index (χ3v) is 6.47. The van der Waals surface area contributed by atoms with Crippen molar-refractivity contribution in [2.24, 2.45) is 0 Å². The number of carboxylic acids is 1. The number of esters is 1. The fourth-order valence-electron chi connectivity index (χ4n) is 4.18. The molecule has 0 saturated heterocycles. The molecule has 8 heteroatoms. The smallest absolute Gasteiger partial charge is 0.377 e. The molecule has 0 bridgehead atoms. The zero-order valence-electron chi connectivity index (χ0n) is 22.5. The van der Waals surface area contributed by atoms with Crippen LogP contribution in [0.25, 0.3) is 0 Å². The predicted molar refractivity (Wildman–Crippen MR) is 141 cm³/mol. The molecule has 0 fully saturated rings. The third kappa shape index (κ3) is 18.5. The first-order valence-corrected chi connectivity index (χ1v) is 14.2. The summed E-state index contributed by atoms with van der Waals surface area (Å²) in [6.45, 7) is 1.61. The van der Waals surface area contributed by atoms with Crippen LogP contribution in [0.5, 0.6) is 0 Å². The summed E-state index contributed by atoms with van der Waals surface area (Å²) in [7, 11) is 0. The Bertz CT molecular complexity index is 590. The van der Waals surface area contributed by atoms with Gasteiger partial charge in [-0.2, -0.15) is 0 Å². The molecule has 0 amide bonds. The number of hydrogen-bond donors (Lipinski definition) is 5. The van der Waals surface area contributed by atoms with Crippen molar-refractivity contribution < 1.29 is 39.9 Å². The molecular formula is C28H52O8. The van der Waals surface area contributed by atoms with Gasteiger partial charge in [0.05, 0.1) is 6.61 Å². The van der Waals surface area contributed by atoms with Crippen molar-refractivity contribution in [1.29, 1.82) is 0 Å². The summed E-state index contributed by atoms with van der Waals surface area (Å²) in [5, 5.41) is 43.6. The molecule has 0 aromatic rings. The van der Waals surface area contributed by atoms with E-state index in [9.17, 15) is 9.59 Å². The summed E-state index contributed by atoms with van der Waals surface area (Å²) in [4.78, 5) is 20.9. The van der Waals surface area contributed by atoms with Crippen molar-refractivity contribution in [3.8, 4) is 0 Å². The molecular weight excluding hydrogens is 464 g/mol. The lowest BCUT2D eigenvalue weighted by Gasteiger charge is -2.13. The van der Waals surface area contributed by atoms with Crippen LogP contribution in [0.2, 0.25) is 0 Å². The fourth-order valence-corrected chi connectivity index (χ4v) is 4.18. The van der Waals surface area contributed by atoms with E-state index in [1.165, 1.54) is 109 Å². The van der Waals surface area contributed by atoms with Gasteiger partial charge in [0, 0.05) is 6.42 Å². The minimum Gasteiger partial charge on any atom is -0.505 e. The standard InChI is InChI=1S/C22H44O2.C6H8O6/c1-2-3-4-5-6-7-8-9-10-11-12-13-14-15-16-17-18-19-20-21-22(23)24;7-1-2(8)5-3(9)4(10)6(11)12-5/h2-21H2,1H3,(H,23,24);2,5,7-10H,1H2/t;2-,5+/m.0/s1. The number of carbonyl (C=O) groups is 2. The van der Waals surface area contributed by atoms with Crippen LogP contribution in [0, 0.1) is 0 Å². The van der Waals surface area contributed by atoms with Gasteiger partial charge in [-0.15, -0.1) is 0 Å². The van der Waals surface area contributed by atoms with Gasteiger partial charge in [0.15, 0.2) is 11.9 Å². The van der Waals surface area contributed by atoms with Gasteiger partial charge in [-0.1, -0.05) is 122 Å². The number of ether oxygens (including phenoxy) is 1. The highest BCUT2D eigenvalue weighted by Gasteiger charge is 2.38. The molecule has 0 spiro atoms. The van der Waals surface area contributed by atoms with Crippen molar-refractivity contribution in [3.63, 3.8) is 0 Å². The minimum atomic E-state index is -1.42. The number of aliphatic hydroxyl groups excluding tert-OH is 4. The Kier molecular flexibility index (Phi) is 22.4. The van der Waals surface area contributed by atoms with Crippen molar-refractivity contribution in [2.75, 3.05) is 6.61 Å². The molecule has 2 atom stereocenters. The van der Waals surface area contributed by atoms with E-state index in [2.05, 4.69) is 11.7 Å². The summed E-state index contributed by atoms with van der Waals surface area (Å²) in [5.74, 6) is -3.43. The lowest BCUT2D eigenvalue weighted by Crippen LogP contribution is -2.31. The Morgan fingerprint density at radius 3 is 1.39 bits per heavy atom. The second-order valence-corrected chi connectivity index (χ2v) is 9.82. The maximum absolute atomic E-state index is 10.5. The van der Waals surface area contributed by atoms with E-state index < -0.39 is 42.3 Å². The maximum Gasteiger partial charge on any atom is 0.377 e. The van der Waals surface area contributed by atoms with Crippen LogP contribution in [0.15, 0.2) is 11.5 Å². The van der Waals surface area contributed by atoms with Gasteiger partial charge in [0.25, 0.3) is 0 Å². The van der Waals surface area contributed by atoms with E-state index in [0.29, 0.717) is 6.42 Å². The summed E-state index contributed by atoms with van der Waals surface area (Å²) < 4.78 is 4.32. The monoisotopic (exact) mass is 516 g/mol. The summed E-state index contributed by atoms with van der Waals surface area (Å²) in [5.41, 5.74) is 0. The Labute approximate surface area is 217 Å². The van der Waals surface area contributed by atoms with Crippen LogP contribution in [-0.2, 0) is 14.3 Å². The Morgan fingerprint density at radius 1 is 0.750 bits per heavy atom. The van der Waals surface area contributed by atoms with E-state index in [-0.39, 0.29) is 0 Å². The largest absolute Gasteiger partial charge is 0.505 e. The molecule has 5 N–H and O–H groups in total. The van der Waals surface area contributed by atoms with Gasteiger partial charge in [0.1, 0.15) is 6.10 Å². The Morgan fingerprint density at radius 2 is 1.11 bits per heavy atom. The highest BCUT2D eigenvalue weighted by Crippen LogP contribution is 2.21. The lowest BCUT2D eigenvalue weighted by atomic mass is 10.0. The van der Waals surface area contributed by atoms with Crippen molar-refractivity contribution in [2.45, 2.75) is 148 Å². The average molecular weight is 517 g/mol. The van der Waals surface area contributed by atoms with Crippen LogP contribution in [0.4, 0.5) is 0 Å². The van der Waals surface area contributed by atoms with E-state index >= 15 is 0 Å². The van der Waals surface area contributed by atoms with Gasteiger partial charge in [0.2, 0.25) is 5.76 Å². The number of aliphatic hydroxyl groups is 4. The van der Waals surface area contributed by atoms with Crippen LogP contribution in [0.1, 0.15) is 135 Å². The molecule has 8 nitrogen and oxygen atoms in total. The summed E-state index contributed by atoms with van der Waals surface area (Å²) in [6, 6.07) is 0. The van der Waals surface area contributed by atoms with Gasteiger partial charge < -0.3 is 30.3 Å². The molecule has 0 aromatic heterocycles. The van der Waals surface area contributed by atoms with Crippen molar-refractivity contribution in [3.05, 3.63) is 11.5 Å². The quantitative estimate of drug-likeness (QED) is 0.0811. The molecule has 0 aliphatic carbocycles. The van der Waals surface area contributed by atoms with Gasteiger partial charge in [-0.3, -0.25) is 4.79 Å². The first-order chi connectivity index (χ1) is 17.3. The van der Waals surface area contributed by atoms with E-state index in [0.717, 1.165) is 12.8 Å². The zero-order valence-corrected chi connectivity index (χ0v) is 22.5. The second-order valence-electron chi connectivity index (χ2n) is 9.82. The van der Waals surface area contributed by atoms with E-state index in [1.807, 2.05) is 0 Å². The molecule has 212 valence electrons. The average Bonchev–Trinajstić information content (AvgIpc) is 3.12. The molecule has 0 saturated carbocycles. The number of hydrogen-bond acceptors (Lipinski definition) is 7. The predicted octanol–water partition coefficient (Wildman–Crippen LogP) is 6.49. The normalized spacial score (nSPS) is 16.0. The number of carbonyl (C=O) groups excluding carboxylic acids is 1. The van der Waals surface area contributed by atoms with E-state index in [1.54, 1.807) is 0 Å². The SMILES string of the molecule is CCCCCCCCCCCCCCCCCCCCCC(=O)O.O=C1O[C@H]([C@@H](O)CO)C(O)=C1O. The van der Waals surface area contributed by atoms with Gasteiger partial charge in [-0.05, 0) is 6.42 Å². The molecule has 1 heterocycles. The second kappa shape index (κ2) is 23.6. The number of unbranched alkanes of at least 4 members (excludes halogenated alkanes) is 18. The number of rotatable bonds is 22. The molecule has 1 aliphatic rings. The number of cyclic esters (lactones) is 1. The molecule has 1 aliphatic heterocycles. The summed E-state index contributed by atoms with van der Waals surface area (Å²) >= 11 is 0. The van der Waals surface area contributed by atoms with E-state index in [4.69, 9.17) is 25.5 Å². The molecule has 0 aromatic carbocycles. The number of aliphatic carboxylic acids is 1. The van der Waals surface area contributed by atoms with Crippen LogP contribution < -0.4 is 0 Å². The lowest BCUT2D eigenvalue weighted by molar-refractivity contribution is -0.147. The molecule has 0 unspecified atom stereocenters. The molecule has 0 radical (unpaired) electrons. The molecule has 1 rings (SSSR count). The summed E-state index contributed by atoms with van der Waals surface area (Å²) in [6.07, 6.45) is 23.3. The molecule has 36 heavy (non-hydrogen) atoms. The van der Waals surface area contributed by atoms with Crippen molar-refractivity contribution in [1.82, 2.24) is 0 Å². The highest BCUT2D eigenvalue weighted by molar-refractivity contribution is 5.89. The van der Waals surface area contributed by atoms with Gasteiger partial charge >= 0.3 is 11.9 Å². The Hall–Kier alpha value is -1.80. The first kappa shape index (κ1) is 34.2. The van der Waals surface area contributed by atoms with Gasteiger partial charge in [-0.25, -0.2) is 4.79 Å². The third-order valence-electron chi connectivity index (χ3n) is 6.47. The van der Waals surface area contributed by atoms with Crippen LogP contribution in [-0.4, -0.2) is 56.3 Å². The fraction of sp³-hybridized carbons (Fsp3) is 0.857. The van der Waals surface area contributed by atoms with Crippen molar-refractivity contribution >= 4 is 11.9 Å². The first-order valence-electron chi connectivity index (χ1n) is 14.2. The van der Waals surface area contributed by atoms with Crippen LogP contribution >= 0.6 is 0 Å². The van der Waals surface area contributed by atoms with Crippen LogP contribution in [0.3, 0.4) is 0 Å². The minimum absolute atomic E-state index is 0.346.